The molecule has 0 radical (unpaired) electrons. The van der Waals surface area contributed by atoms with Crippen LogP contribution in [0.5, 0.6) is 0 Å². The summed E-state index contributed by atoms with van der Waals surface area (Å²) in [7, 11) is 0. The highest BCUT2D eigenvalue weighted by Crippen LogP contribution is 2.22. The van der Waals surface area contributed by atoms with Crippen molar-refractivity contribution in [3.8, 4) is 0 Å². The standard InChI is InChI=1S/C20H19N3O/c21-17-11-16(12-18(22)13-17)20(24)23(19-9-5-2-6-10-19)14-15-7-3-1-4-8-15/h1-13H,14,21-22H2. The van der Waals surface area contributed by atoms with E-state index in [1.807, 2.05) is 60.7 Å². The van der Waals surface area contributed by atoms with Crippen LogP contribution in [0.1, 0.15) is 15.9 Å². The van der Waals surface area contributed by atoms with Gasteiger partial charge in [-0.1, -0.05) is 48.5 Å². The molecule has 0 aliphatic rings. The molecule has 0 bridgehead atoms. The van der Waals surface area contributed by atoms with Crippen molar-refractivity contribution in [1.29, 1.82) is 0 Å². The molecule has 0 spiro atoms. The SMILES string of the molecule is Nc1cc(N)cc(C(=O)N(Cc2ccccc2)c2ccccc2)c1. The normalized spacial score (nSPS) is 10.3. The molecule has 3 aromatic carbocycles. The summed E-state index contributed by atoms with van der Waals surface area (Å²) in [4.78, 5) is 14.8. The molecular formula is C20H19N3O. The van der Waals surface area contributed by atoms with Gasteiger partial charge in [-0.25, -0.2) is 0 Å². The Morgan fingerprint density at radius 3 is 1.92 bits per heavy atom. The molecular weight excluding hydrogens is 298 g/mol. The van der Waals surface area contributed by atoms with Crippen LogP contribution in [0.25, 0.3) is 0 Å². The van der Waals surface area contributed by atoms with Gasteiger partial charge in [0.05, 0.1) is 6.54 Å². The van der Waals surface area contributed by atoms with Crippen LogP contribution in [0.2, 0.25) is 0 Å². The zero-order valence-electron chi connectivity index (χ0n) is 13.2. The first-order valence-electron chi connectivity index (χ1n) is 7.70. The monoisotopic (exact) mass is 317 g/mol. The van der Waals surface area contributed by atoms with Crippen LogP contribution < -0.4 is 16.4 Å². The number of amides is 1. The Kier molecular flexibility index (Phi) is 4.47. The highest BCUT2D eigenvalue weighted by Gasteiger charge is 2.18. The number of carbonyl (C=O) groups is 1. The minimum Gasteiger partial charge on any atom is -0.399 e. The van der Waals surface area contributed by atoms with E-state index >= 15 is 0 Å². The Hall–Kier alpha value is -3.27. The van der Waals surface area contributed by atoms with Crippen molar-refractivity contribution in [1.82, 2.24) is 0 Å². The minimum absolute atomic E-state index is 0.135. The lowest BCUT2D eigenvalue weighted by Crippen LogP contribution is -2.30. The van der Waals surface area contributed by atoms with Gasteiger partial charge >= 0.3 is 0 Å². The average Bonchev–Trinajstić information content (AvgIpc) is 2.60. The minimum atomic E-state index is -0.135. The van der Waals surface area contributed by atoms with Crippen LogP contribution in [0.3, 0.4) is 0 Å². The van der Waals surface area contributed by atoms with Crippen LogP contribution in [-0.4, -0.2) is 5.91 Å². The van der Waals surface area contributed by atoms with Crippen molar-refractivity contribution in [3.63, 3.8) is 0 Å². The summed E-state index contributed by atoms with van der Waals surface area (Å²) < 4.78 is 0. The molecule has 0 aliphatic carbocycles. The number of nitrogen functional groups attached to an aromatic ring is 2. The highest BCUT2D eigenvalue weighted by molar-refractivity contribution is 6.07. The lowest BCUT2D eigenvalue weighted by Gasteiger charge is -2.23. The van der Waals surface area contributed by atoms with E-state index in [-0.39, 0.29) is 5.91 Å². The molecule has 3 rings (SSSR count). The fraction of sp³-hybridized carbons (Fsp3) is 0.0500. The van der Waals surface area contributed by atoms with Gasteiger partial charge in [-0.2, -0.15) is 0 Å². The Balaban J connectivity index is 1.99. The molecule has 0 aliphatic heterocycles. The van der Waals surface area contributed by atoms with Gasteiger partial charge in [0.1, 0.15) is 0 Å². The van der Waals surface area contributed by atoms with E-state index in [0.29, 0.717) is 23.5 Å². The van der Waals surface area contributed by atoms with Crippen LogP contribution in [0.4, 0.5) is 17.1 Å². The molecule has 4 nitrogen and oxygen atoms in total. The first-order chi connectivity index (χ1) is 11.6. The smallest absolute Gasteiger partial charge is 0.258 e. The van der Waals surface area contributed by atoms with Crippen molar-refractivity contribution in [3.05, 3.63) is 90.0 Å². The van der Waals surface area contributed by atoms with Crippen LogP contribution >= 0.6 is 0 Å². The van der Waals surface area contributed by atoms with Gasteiger partial charge in [-0.05, 0) is 35.9 Å². The molecule has 4 heteroatoms. The third-order valence-corrected chi connectivity index (χ3v) is 3.72. The topological polar surface area (TPSA) is 72.3 Å². The number of carbonyl (C=O) groups excluding carboxylic acids is 1. The molecule has 0 atom stereocenters. The third kappa shape index (κ3) is 3.55. The summed E-state index contributed by atoms with van der Waals surface area (Å²) in [6, 6.07) is 24.4. The molecule has 0 saturated heterocycles. The second kappa shape index (κ2) is 6.87. The number of nitrogens with two attached hydrogens (primary N) is 2. The number of hydrogen-bond acceptors (Lipinski definition) is 3. The summed E-state index contributed by atoms with van der Waals surface area (Å²) in [5, 5.41) is 0. The van der Waals surface area contributed by atoms with Gasteiger partial charge in [0.2, 0.25) is 0 Å². The number of para-hydroxylation sites is 1. The van der Waals surface area contributed by atoms with Crippen molar-refractivity contribution in [2.45, 2.75) is 6.54 Å². The number of benzene rings is 3. The number of nitrogens with zero attached hydrogens (tertiary/aromatic N) is 1. The van der Waals surface area contributed by atoms with Gasteiger partial charge in [-0.3, -0.25) is 4.79 Å². The van der Waals surface area contributed by atoms with Crippen LogP contribution in [0, 0.1) is 0 Å². The molecule has 24 heavy (non-hydrogen) atoms. The average molecular weight is 317 g/mol. The van der Waals surface area contributed by atoms with E-state index in [2.05, 4.69) is 0 Å². The molecule has 0 saturated carbocycles. The summed E-state index contributed by atoms with van der Waals surface area (Å²) >= 11 is 0. The molecule has 4 N–H and O–H groups in total. The largest absolute Gasteiger partial charge is 0.399 e. The second-order valence-electron chi connectivity index (χ2n) is 5.60. The Morgan fingerprint density at radius 2 is 1.33 bits per heavy atom. The van der Waals surface area contributed by atoms with Crippen molar-refractivity contribution >= 4 is 23.0 Å². The molecule has 0 unspecified atom stereocenters. The fourth-order valence-corrected chi connectivity index (χ4v) is 2.61. The maximum atomic E-state index is 13.1. The lowest BCUT2D eigenvalue weighted by molar-refractivity contribution is 0.0985. The van der Waals surface area contributed by atoms with E-state index < -0.39 is 0 Å². The fourth-order valence-electron chi connectivity index (χ4n) is 2.61. The number of anilines is 3. The van der Waals surface area contributed by atoms with Gasteiger partial charge in [-0.15, -0.1) is 0 Å². The van der Waals surface area contributed by atoms with Gasteiger partial charge in [0.15, 0.2) is 0 Å². The summed E-state index contributed by atoms with van der Waals surface area (Å²) in [5.41, 5.74) is 15.0. The predicted octanol–water partition coefficient (Wildman–Crippen LogP) is 3.70. The van der Waals surface area contributed by atoms with Gasteiger partial charge in [0.25, 0.3) is 5.91 Å². The molecule has 3 aromatic rings. The van der Waals surface area contributed by atoms with E-state index in [1.165, 1.54) is 0 Å². The van der Waals surface area contributed by atoms with Crippen molar-refractivity contribution in [2.24, 2.45) is 0 Å². The number of rotatable bonds is 4. The van der Waals surface area contributed by atoms with E-state index in [4.69, 9.17) is 11.5 Å². The molecule has 0 aromatic heterocycles. The van der Waals surface area contributed by atoms with Gasteiger partial charge < -0.3 is 16.4 Å². The predicted molar refractivity (Wildman–Crippen MR) is 98.7 cm³/mol. The van der Waals surface area contributed by atoms with Crippen LogP contribution in [-0.2, 0) is 6.54 Å². The Morgan fingerprint density at radius 1 is 0.792 bits per heavy atom. The summed E-state index contributed by atoms with van der Waals surface area (Å²) in [6.07, 6.45) is 0. The first kappa shape index (κ1) is 15.6. The Bertz CT molecular complexity index is 812. The summed E-state index contributed by atoms with van der Waals surface area (Å²) in [6.45, 7) is 0.471. The zero-order valence-corrected chi connectivity index (χ0v) is 13.2. The van der Waals surface area contributed by atoms with Crippen molar-refractivity contribution in [2.75, 3.05) is 16.4 Å². The highest BCUT2D eigenvalue weighted by atomic mass is 16.2. The molecule has 120 valence electrons. The molecule has 1 amide bonds. The van der Waals surface area contributed by atoms with Gasteiger partial charge in [0, 0.05) is 22.6 Å². The maximum Gasteiger partial charge on any atom is 0.258 e. The van der Waals surface area contributed by atoms with E-state index in [9.17, 15) is 4.79 Å². The molecule has 0 fully saturated rings. The lowest BCUT2D eigenvalue weighted by atomic mass is 10.1. The maximum absolute atomic E-state index is 13.1. The van der Waals surface area contributed by atoms with E-state index in [0.717, 1.165) is 11.3 Å². The van der Waals surface area contributed by atoms with Crippen LogP contribution in [0.15, 0.2) is 78.9 Å². The van der Waals surface area contributed by atoms with E-state index in [1.54, 1.807) is 23.1 Å². The van der Waals surface area contributed by atoms with Crippen molar-refractivity contribution < 1.29 is 4.79 Å². The zero-order chi connectivity index (χ0) is 16.9. The number of hydrogen-bond donors (Lipinski definition) is 2. The Labute approximate surface area is 141 Å². The molecule has 0 heterocycles. The first-order valence-corrected chi connectivity index (χ1v) is 7.70. The summed E-state index contributed by atoms with van der Waals surface area (Å²) in [5.74, 6) is -0.135. The quantitative estimate of drug-likeness (QED) is 0.721. The second-order valence-corrected chi connectivity index (χ2v) is 5.60. The third-order valence-electron chi connectivity index (χ3n) is 3.72.